The van der Waals surface area contributed by atoms with Crippen LogP contribution in [-0.4, -0.2) is 26.5 Å². The van der Waals surface area contributed by atoms with Gasteiger partial charge in [0.25, 0.3) is 0 Å². The third kappa shape index (κ3) is 1.55. The van der Waals surface area contributed by atoms with Gasteiger partial charge in [-0.25, -0.2) is 0 Å². The van der Waals surface area contributed by atoms with Gasteiger partial charge in [-0.05, 0) is 25.0 Å². The average Bonchev–Trinajstić information content (AvgIpc) is 2.62. The van der Waals surface area contributed by atoms with Gasteiger partial charge in [-0.3, -0.25) is 0 Å². The molecule has 2 aliphatic heterocycles. The minimum absolute atomic E-state index is 0.392. The molecule has 1 aromatic rings. The predicted octanol–water partition coefficient (Wildman–Crippen LogP) is 0.382. The average molecular weight is 201 g/mol. The zero-order valence-electron chi connectivity index (χ0n) is 9.18. The van der Waals surface area contributed by atoms with Crippen molar-refractivity contribution in [3.05, 3.63) is 23.3 Å². The SMILES string of the molecule is Cc1c(OC2CNC2)ccc2c1BCC2. The summed E-state index contributed by atoms with van der Waals surface area (Å²) in [7, 11) is 1.24. The molecule has 0 unspecified atom stereocenters. The summed E-state index contributed by atoms with van der Waals surface area (Å²) in [5.41, 5.74) is 4.45. The number of rotatable bonds is 2. The van der Waals surface area contributed by atoms with Gasteiger partial charge in [0.1, 0.15) is 11.9 Å². The Morgan fingerprint density at radius 3 is 3.00 bits per heavy atom. The van der Waals surface area contributed by atoms with E-state index in [-0.39, 0.29) is 0 Å². The van der Waals surface area contributed by atoms with Gasteiger partial charge in [-0.1, -0.05) is 23.4 Å². The third-order valence-corrected chi connectivity index (χ3v) is 3.56. The van der Waals surface area contributed by atoms with E-state index in [1.165, 1.54) is 31.1 Å². The van der Waals surface area contributed by atoms with E-state index in [2.05, 4.69) is 24.4 Å². The molecule has 3 heteroatoms. The van der Waals surface area contributed by atoms with Crippen molar-refractivity contribution >= 4 is 12.7 Å². The fraction of sp³-hybridized carbons (Fsp3) is 0.500. The van der Waals surface area contributed by atoms with Crippen LogP contribution in [0.1, 0.15) is 11.1 Å². The zero-order valence-corrected chi connectivity index (χ0v) is 9.18. The summed E-state index contributed by atoms with van der Waals surface area (Å²) in [6.45, 7) is 4.19. The molecule has 0 spiro atoms. The Balaban J connectivity index is 1.88. The molecule has 0 radical (unpaired) electrons. The van der Waals surface area contributed by atoms with Gasteiger partial charge in [0.05, 0.1) is 0 Å². The summed E-state index contributed by atoms with van der Waals surface area (Å²) in [5, 5.41) is 3.23. The van der Waals surface area contributed by atoms with Crippen LogP contribution in [0.15, 0.2) is 12.1 Å². The molecule has 1 aromatic carbocycles. The molecular weight excluding hydrogens is 185 g/mol. The van der Waals surface area contributed by atoms with Crippen molar-refractivity contribution in [2.45, 2.75) is 25.8 Å². The van der Waals surface area contributed by atoms with Crippen LogP contribution in [0.25, 0.3) is 0 Å². The number of hydrogen-bond donors (Lipinski definition) is 1. The zero-order chi connectivity index (χ0) is 10.3. The molecule has 1 fully saturated rings. The molecule has 3 rings (SSSR count). The summed E-state index contributed by atoms with van der Waals surface area (Å²) in [4.78, 5) is 0. The molecule has 0 aromatic heterocycles. The van der Waals surface area contributed by atoms with E-state index in [0.29, 0.717) is 6.10 Å². The van der Waals surface area contributed by atoms with Crippen LogP contribution in [0, 0.1) is 6.92 Å². The van der Waals surface area contributed by atoms with Gasteiger partial charge in [0.2, 0.25) is 0 Å². The second-order valence-corrected chi connectivity index (χ2v) is 4.58. The van der Waals surface area contributed by atoms with Gasteiger partial charge >= 0.3 is 0 Å². The van der Waals surface area contributed by atoms with E-state index in [1.807, 2.05) is 0 Å². The van der Waals surface area contributed by atoms with Gasteiger partial charge in [0.15, 0.2) is 7.28 Å². The minimum Gasteiger partial charge on any atom is -0.488 e. The van der Waals surface area contributed by atoms with Crippen molar-refractivity contribution in [2.75, 3.05) is 13.1 Å². The lowest BCUT2D eigenvalue weighted by Gasteiger charge is -2.29. The monoisotopic (exact) mass is 201 g/mol. The number of fused-ring (bicyclic) bond motifs is 1. The first-order valence-electron chi connectivity index (χ1n) is 5.83. The molecule has 15 heavy (non-hydrogen) atoms. The number of aryl methyl sites for hydroxylation is 1. The molecule has 0 saturated carbocycles. The lowest BCUT2D eigenvalue weighted by molar-refractivity contribution is 0.141. The normalized spacial score (nSPS) is 19.3. The molecule has 0 aliphatic carbocycles. The molecule has 0 bridgehead atoms. The first kappa shape index (κ1) is 9.28. The maximum atomic E-state index is 5.94. The molecule has 2 nitrogen and oxygen atoms in total. The first-order chi connectivity index (χ1) is 7.34. The van der Waals surface area contributed by atoms with E-state index in [4.69, 9.17) is 4.74 Å². The number of ether oxygens (including phenoxy) is 1. The van der Waals surface area contributed by atoms with Crippen LogP contribution in [0.4, 0.5) is 0 Å². The number of hydrogen-bond acceptors (Lipinski definition) is 2. The van der Waals surface area contributed by atoms with Gasteiger partial charge in [-0.2, -0.15) is 0 Å². The van der Waals surface area contributed by atoms with Crippen molar-refractivity contribution in [3.8, 4) is 5.75 Å². The smallest absolute Gasteiger partial charge is 0.158 e. The van der Waals surface area contributed by atoms with Crippen molar-refractivity contribution in [1.29, 1.82) is 0 Å². The van der Waals surface area contributed by atoms with Crippen LogP contribution in [0.5, 0.6) is 5.75 Å². The fourth-order valence-electron chi connectivity index (χ4n) is 2.48. The van der Waals surface area contributed by atoms with Gasteiger partial charge in [0, 0.05) is 13.1 Å². The second-order valence-electron chi connectivity index (χ2n) is 4.58. The maximum Gasteiger partial charge on any atom is 0.158 e. The molecule has 2 heterocycles. The topological polar surface area (TPSA) is 21.3 Å². The summed E-state index contributed by atoms with van der Waals surface area (Å²) >= 11 is 0. The Hall–Kier alpha value is -0.955. The van der Waals surface area contributed by atoms with E-state index in [1.54, 1.807) is 5.46 Å². The largest absolute Gasteiger partial charge is 0.488 e. The van der Waals surface area contributed by atoms with Crippen molar-refractivity contribution in [2.24, 2.45) is 0 Å². The summed E-state index contributed by atoms with van der Waals surface area (Å²) in [5.74, 6) is 1.10. The molecule has 1 N–H and O–H groups in total. The Morgan fingerprint density at radius 2 is 2.27 bits per heavy atom. The lowest BCUT2D eigenvalue weighted by atomic mass is 9.70. The van der Waals surface area contributed by atoms with Crippen LogP contribution >= 0.6 is 0 Å². The molecule has 2 aliphatic rings. The molecule has 1 saturated heterocycles. The highest BCUT2D eigenvalue weighted by molar-refractivity contribution is 6.56. The van der Waals surface area contributed by atoms with Gasteiger partial charge in [-0.15, -0.1) is 0 Å². The van der Waals surface area contributed by atoms with Crippen LogP contribution < -0.4 is 15.5 Å². The Labute approximate surface area is 91.3 Å². The quantitative estimate of drug-likeness (QED) is 0.698. The fourth-order valence-corrected chi connectivity index (χ4v) is 2.48. The standard InChI is InChI=1S/C12H16BNO/c1-8-11(15-10-6-14-7-10)3-2-9-4-5-13-12(8)9/h2-3,10,13-14H,4-7H2,1H3. The van der Waals surface area contributed by atoms with Crippen LogP contribution in [0.3, 0.4) is 0 Å². The minimum atomic E-state index is 0.392. The highest BCUT2D eigenvalue weighted by atomic mass is 16.5. The molecule has 0 amide bonds. The molecular formula is C12H16BNO. The van der Waals surface area contributed by atoms with Crippen LogP contribution in [0.2, 0.25) is 6.32 Å². The molecule has 0 atom stereocenters. The van der Waals surface area contributed by atoms with E-state index in [0.717, 1.165) is 18.8 Å². The highest BCUT2D eigenvalue weighted by Gasteiger charge is 2.21. The van der Waals surface area contributed by atoms with Gasteiger partial charge < -0.3 is 10.1 Å². The maximum absolute atomic E-state index is 5.94. The Bertz CT molecular complexity index is 387. The van der Waals surface area contributed by atoms with Crippen molar-refractivity contribution in [1.82, 2.24) is 5.32 Å². The first-order valence-corrected chi connectivity index (χ1v) is 5.83. The van der Waals surface area contributed by atoms with E-state index in [9.17, 15) is 0 Å². The summed E-state index contributed by atoms with van der Waals surface area (Å²) < 4.78 is 5.94. The van der Waals surface area contributed by atoms with Crippen molar-refractivity contribution in [3.63, 3.8) is 0 Å². The Morgan fingerprint density at radius 1 is 1.40 bits per heavy atom. The van der Waals surface area contributed by atoms with E-state index < -0.39 is 0 Å². The second kappa shape index (κ2) is 3.56. The van der Waals surface area contributed by atoms with Crippen LogP contribution in [-0.2, 0) is 6.42 Å². The molecule has 78 valence electrons. The number of nitrogens with one attached hydrogen (secondary N) is 1. The van der Waals surface area contributed by atoms with E-state index >= 15 is 0 Å². The predicted molar refractivity (Wildman–Crippen MR) is 63.8 cm³/mol. The highest BCUT2D eigenvalue weighted by Crippen LogP contribution is 2.22. The summed E-state index contributed by atoms with van der Waals surface area (Å²) in [6, 6.07) is 4.40. The Kier molecular flexibility index (Phi) is 2.21. The van der Waals surface area contributed by atoms with Crippen molar-refractivity contribution < 1.29 is 4.74 Å². The lowest BCUT2D eigenvalue weighted by Crippen LogP contribution is -2.50. The summed E-state index contributed by atoms with van der Waals surface area (Å²) in [6.07, 6.45) is 2.95. The number of benzene rings is 1. The third-order valence-electron chi connectivity index (χ3n) is 3.56.